The van der Waals surface area contributed by atoms with Gasteiger partial charge in [-0.3, -0.25) is 4.79 Å². The maximum absolute atomic E-state index is 12.4. The molecule has 3 aromatic rings. The minimum Gasteiger partial charge on any atom is -0.347 e. The van der Waals surface area contributed by atoms with Crippen molar-refractivity contribution in [2.75, 3.05) is 5.32 Å². The predicted molar refractivity (Wildman–Crippen MR) is 104 cm³/mol. The minimum atomic E-state index is -0.282. The molecule has 0 radical (unpaired) electrons. The number of aryl methyl sites for hydroxylation is 1. The van der Waals surface area contributed by atoms with E-state index in [1.807, 2.05) is 31.2 Å². The number of amides is 1. The SMILES string of the molecule is Cc1ccccc1CNC(=O)c1ccnc(Nc2cccc(Cl)c2Cl)n1. The fourth-order valence-electron chi connectivity index (χ4n) is 2.34. The zero-order valence-corrected chi connectivity index (χ0v) is 15.5. The van der Waals surface area contributed by atoms with Crippen LogP contribution in [0, 0.1) is 6.92 Å². The highest BCUT2D eigenvalue weighted by atomic mass is 35.5. The number of rotatable bonds is 5. The molecule has 5 nitrogen and oxygen atoms in total. The van der Waals surface area contributed by atoms with E-state index in [4.69, 9.17) is 23.2 Å². The molecular formula is C19H16Cl2N4O. The molecule has 132 valence electrons. The smallest absolute Gasteiger partial charge is 0.270 e. The predicted octanol–water partition coefficient (Wildman–Crippen LogP) is 4.77. The Hall–Kier alpha value is -2.63. The third kappa shape index (κ3) is 4.31. The molecular weight excluding hydrogens is 371 g/mol. The summed E-state index contributed by atoms with van der Waals surface area (Å²) in [7, 11) is 0. The van der Waals surface area contributed by atoms with Gasteiger partial charge in [-0.1, -0.05) is 53.5 Å². The van der Waals surface area contributed by atoms with Crippen LogP contribution >= 0.6 is 23.2 Å². The fourth-order valence-corrected chi connectivity index (χ4v) is 2.69. The molecule has 0 atom stereocenters. The number of aromatic nitrogens is 2. The molecule has 0 unspecified atom stereocenters. The van der Waals surface area contributed by atoms with Crippen LogP contribution in [0.3, 0.4) is 0 Å². The molecule has 1 aromatic heterocycles. The van der Waals surface area contributed by atoms with E-state index >= 15 is 0 Å². The van der Waals surface area contributed by atoms with Crippen LogP contribution in [0.2, 0.25) is 10.0 Å². The third-order valence-corrected chi connectivity index (χ3v) is 4.61. The van der Waals surface area contributed by atoms with Crippen molar-refractivity contribution in [2.45, 2.75) is 13.5 Å². The second-order valence-electron chi connectivity index (χ2n) is 5.60. The molecule has 0 saturated heterocycles. The lowest BCUT2D eigenvalue weighted by Gasteiger charge is -2.10. The van der Waals surface area contributed by atoms with Crippen molar-refractivity contribution < 1.29 is 4.79 Å². The van der Waals surface area contributed by atoms with Crippen LogP contribution in [0.15, 0.2) is 54.7 Å². The third-order valence-electron chi connectivity index (χ3n) is 3.79. The van der Waals surface area contributed by atoms with Crippen molar-refractivity contribution >= 4 is 40.7 Å². The van der Waals surface area contributed by atoms with Gasteiger partial charge in [0.05, 0.1) is 15.7 Å². The lowest BCUT2D eigenvalue weighted by Crippen LogP contribution is -2.24. The van der Waals surface area contributed by atoms with Gasteiger partial charge in [-0.2, -0.15) is 0 Å². The Kier molecular flexibility index (Phi) is 5.71. The van der Waals surface area contributed by atoms with E-state index in [0.717, 1.165) is 11.1 Å². The van der Waals surface area contributed by atoms with Crippen LogP contribution in [0.1, 0.15) is 21.6 Å². The average molecular weight is 387 g/mol. The molecule has 26 heavy (non-hydrogen) atoms. The van der Waals surface area contributed by atoms with Gasteiger partial charge in [-0.05, 0) is 36.2 Å². The van der Waals surface area contributed by atoms with Crippen molar-refractivity contribution in [3.8, 4) is 0 Å². The van der Waals surface area contributed by atoms with Crippen LogP contribution in [0.5, 0.6) is 0 Å². The topological polar surface area (TPSA) is 66.9 Å². The summed E-state index contributed by atoms with van der Waals surface area (Å²) < 4.78 is 0. The van der Waals surface area contributed by atoms with Gasteiger partial charge in [-0.25, -0.2) is 9.97 Å². The van der Waals surface area contributed by atoms with Crippen molar-refractivity contribution in [2.24, 2.45) is 0 Å². The minimum absolute atomic E-state index is 0.259. The van der Waals surface area contributed by atoms with Gasteiger partial charge in [0, 0.05) is 12.7 Å². The molecule has 2 aromatic carbocycles. The van der Waals surface area contributed by atoms with Gasteiger partial charge in [0.15, 0.2) is 0 Å². The van der Waals surface area contributed by atoms with Crippen molar-refractivity contribution in [3.05, 3.63) is 81.6 Å². The van der Waals surface area contributed by atoms with Crippen LogP contribution < -0.4 is 10.6 Å². The molecule has 1 heterocycles. The molecule has 0 aliphatic heterocycles. The Bertz CT molecular complexity index is 946. The van der Waals surface area contributed by atoms with Crippen LogP contribution in [-0.2, 0) is 6.54 Å². The molecule has 7 heteroatoms. The van der Waals surface area contributed by atoms with Gasteiger partial charge in [0.1, 0.15) is 5.69 Å². The quantitative estimate of drug-likeness (QED) is 0.662. The molecule has 0 saturated carbocycles. The number of carbonyl (C=O) groups is 1. The van der Waals surface area contributed by atoms with E-state index < -0.39 is 0 Å². The van der Waals surface area contributed by atoms with E-state index in [2.05, 4.69) is 20.6 Å². The summed E-state index contributed by atoms with van der Waals surface area (Å²) in [4.78, 5) is 20.7. The van der Waals surface area contributed by atoms with Crippen LogP contribution in [0.25, 0.3) is 0 Å². The maximum atomic E-state index is 12.4. The summed E-state index contributed by atoms with van der Waals surface area (Å²) in [5.74, 6) is -0.0198. The van der Waals surface area contributed by atoms with Gasteiger partial charge in [-0.15, -0.1) is 0 Å². The van der Waals surface area contributed by atoms with Gasteiger partial charge in [0.2, 0.25) is 5.95 Å². The Morgan fingerprint density at radius 1 is 1.08 bits per heavy atom. The first-order valence-electron chi connectivity index (χ1n) is 7.91. The number of nitrogens with one attached hydrogen (secondary N) is 2. The molecule has 0 spiro atoms. The highest BCUT2D eigenvalue weighted by Gasteiger charge is 2.11. The summed E-state index contributed by atoms with van der Waals surface area (Å²) in [5, 5.41) is 6.62. The van der Waals surface area contributed by atoms with Crippen LogP contribution in [-0.4, -0.2) is 15.9 Å². The van der Waals surface area contributed by atoms with Gasteiger partial charge >= 0.3 is 0 Å². The summed E-state index contributed by atoms with van der Waals surface area (Å²) in [6, 6.07) is 14.6. The molecule has 0 aliphatic rings. The lowest BCUT2D eigenvalue weighted by molar-refractivity contribution is 0.0946. The van der Waals surface area contributed by atoms with Crippen molar-refractivity contribution in [1.82, 2.24) is 15.3 Å². The monoisotopic (exact) mass is 386 g/mol. The highest BCUT2D eigenvalue weighted by Crippen LogP contribution is 2.30. The normalized spacial score (nSPS) is 10.4. The number of hydrogen-bond acceptors (Lipinski definition) is 4. The molecule has 0 fully saturated rings. The molecule has 1 amide bonds. The Labute approximate surface area is 161 Å². The lowest BCUT2D eigenvalue weighted by atomic mass is 10.1. The summed E-state index contributed by atoms with van der Waals surface area (Å²) in [6.45, 7) is 2.43. The van der Waals surface area contributed by atoms with E-state index in [9.17, 15) is 4.79 Å². The first kappa shape index (κ1) is 18.2. The Morgan fingerprint density at radius 2 is 1.88 bits per heavy atom. The number of nitrogens with zero attached hydrogens (tertiary/aromatic N) is 2. The second-order valence-corrected chi connectivity index (χ2v) is 6.39. The standard InChI is InChI=1S/C19H16Cl2N4O/c1-12-5-2-3-6-13(12)11-23-18(26)16-9-10-22-19(25-16)24-15-8-4-7-14(20)17(15)21/h2-10H,11H2,1H3,(H,23,26)(H,22,24,25). The zero-order chi connectivity index (χ0) is 18.5. The second kappa shape index (κ2) is 8.17. The van der Waals surface area contributed by atoms with E-state index in [-0.39, 0.29) is 17.5 Å². The fraction of sp³-hybridized carbons (Fsp3) is 0.105. The highest BCUT2D eigenvalue weighted by molar-refractivity contribution is 6.43. The van der Waals surface area contributed by atoms with E-state index in [1.165, 1.54) is 6.20 Å². The van der Waals surface area contributed by atoms with Crippen molar-refractivity contribution in [3.63, 3.8) is 0 Å². The average Bonchev–Trinajstić information content (AvgIpc) is 2.65. The number of anilines is 2. The van der Waals surface area contributed by atoms with Gasteiger partial charge in [0.25, 0.3) is 5.91 Å². The first-order chi connectivity index (χ1) is 12.5. The van der Waals surface area contributed by atoms with Crippen molar-refractivity contribution in [1.29, 1.82) is 0 Å². The summed E-state index contributed by atoms with van der Waals surface area (Å²) in [6.07, 6.45) is 1.51. The number of hydrogen-bond donors (Lipinski definition) is 2. The first-order valence-corrected chi connectivity index (χ1v) is 8.67. The Morgan fingerprint density at radius 3 is 2.69 bits per heavy atom. The van der Waals surface area contributed by atoms with Gasteiger partial charge < -0.3 is 10.6 Å². The molecule has 3 rings (SSSR count). The molecule has 2 N–H and O–H groups in total. The number of halogens is 2. The zero-order valence-electron chi connectivity index (χ0n) is 14.0. The summed E-state index contributed by atoms with van der Waals surface area (Å²) >= 11 is 12.1. The number of carbonyl (C=O) groups excluding carboxylic acids is 1. The molecule has 0 aliphatic carbocycles. The number of benzene rings is 2. The Balaban J connectivity index is 1.71. The maximum Gasteiger partial charge on any atom is 0.270 e. The largest absolute Gasteiger partial charge is 0.347 e. The molecule has 0 bridgehead atoms. The summed E-state index contributed by atoms with van der Waals surface area (Å²) in [5.41, 5.74) is 3.00. The van der Waals surface area contributed by atoms with Crippen LogP contribution in [0.4, 0.5) is 11.6 Å². The van der Waals surface area contributed by atoms with E-state index in [1.54, 1.807) is 24.3 Å². The van der Waals surface area contributed by atoms with E-state index in [0.29, 0.717) is 22.3 Å².